The van der Waals surface area contributed by atoms with Crippen molar-refractivity contribution < 1.29 is 14.7 Å². The van der Waals surface area contributed by atoms with Gasteiger partial charge in [-0.2, -0.15) is 0 Å². The molecule has 0 heterocycles. The maximum absolute atomic E-state index is 11.7. The molecule has 0 bridgehead atoms. The van der Waals surface area contributed by atoms with E-state index in [9.17, 15) is 9.59 Å². The standard InChI is InChI=1S/C14H16N2O3/c1-3-9-16(2)14(19)15-12(13(17)18)10-11-7-5-4-6-8-11/h1,4-8,12H,9-10H2,2H3,(H,15,19)(H,17,18)/t12-/m0/s1. The van der Waals surface area contributed by atoms with Gasteiger partial charge in [-0.1, -0.05) is 36.3 Å². The molecule has 0 saturated heterocycles. The van der Waals surface area contributed by atoms with E-state index in [1.165, 1.54) is 11.9 Å². The number of nitrogens with zero attached hydrogens (tertiary/aromatic N) is 1. The van der Waals surface area contributed by atoms with Gasteiger partial charge in [0.25, 0.3) is 0 Å². The molecule has 19 heavy (non-hydrogen) atoms. The summed E-state index contributed by atoms with van der Waals surface area (Å²) in [5.41, 5.74) is 0.842. The maximum Gasteiger partial charge on any atom is 0.326 e. The lowest BCUT2D eigenvalue weighted by atomic mass is 10.1. The Labute approximate surface area is 112 Å². The molecule has 5 heteroatoms. The van der Waals surface area contributed by atoms with E-state index in [4.69, 9.17) is 11.5 Å². The molecule has 1 atom stereocenters. The third-order valence-electron chi connectivity index (χ3n) is 2.55. The molecule has 1 aromatic rings. The van der Waals surface area contributed by atoms with Crippen molar-refractivity contribution in [3.63, 3.8) is 0 Å². The van der Waals surface area contributed by atoms with Crippen LogP contribution in [0.15, 0.2) is 30.3 Å². The zero-order valence-corrected chi connectivity index (χ0v) is 10.7. The first kappa shape index (κ1) is 14.6. The number of rotatable bonds is 5. The minimum atomic E-state index is -1.08. The van der Waals surface area contributed by atoms with E-state index < -0.39 is 18.0 Å². The van der Waals surface area contributed by atoms with Gasteiger partial charge in [0.15, 0.2) is 0 Å². The molecule has 2 N–H and O–H groups in total. The van der Waals surface area contributed by atoms with Crippen molar-refractivity contribution in [3.8, 4) is 12.3 Å². The smallest absolute Gasteiger partial charge is 0.326 e. The Morgan fingerprint density at radius 1 is 1.42 bits per heavy atom. The molecule has 0 aliphatic rings. The molecule has 1 aromatic carbocycles. The molecule has 0 fully saturated rings. The third-order valence-corrected chi connectivity index (χ3v) is 2.55. The Hall–Kier alpha value is -2.48. The van der Waals surface area contributed by atoms with Crippen molar-refractivity contribution in [1.82, 2.24) is 10.2 Å². The number of carbonyl (C=O) groups is 2. The van der Waals surface area contributed by atoms with Crippen molar-refractivity contribution in [2.45, 2.75) is 12.5 Å². The lowest BCUT2D eigenvalue weighted by Crippen LogP contribution is -2.47. The number of urea groups is 1. The van der Waals surface area contributed by atoms with Crippen LogP contribution in [0.3, 0.4) is 0 Å². The fourth-order valence-electron chi connectivity index (χ4n) is 1.52. The van der Waals surface area contributed by atoms with Gasteiger partial charge in [0.05, 0.1) is 6.54 Å². The number of terminal acetylenes is 1. The lowest BCUT2D eigenvalue weighted by molar-refractivity contribution is -0.139. The van der Waals surface area contributed by atoms with Crippen LogP contribution >= 0.6 is 0 Å². The average molecular weight is 260 g/mol. The molecule has 0 spiro atoms. The second-order valence-corrected chi connectivity index (χ2v) is 4.09. The topological polar surface area (TPSA) is 69.6 Å². The third kappa shape index (κ3) is 4.72. The first-order valence-electron chi connectivity index (χ1n) is 5.76. The molecule has 0 radical (unpaired) electrons. The minimum absolute atomic E-state index is 0.128. The first-order chi connectivity index (χ1) is 9.04. The SMILES string of the molecule is C#CCN(C)C(=O)N[C@@H](Cc1ccccc1)C(=O)O. The van der Waals surface area contributed by atoms with E-state index in [2.05, 4.69) is 11.2 Å². The zero-order chi connectivity index (χ0) is 14.3. The van der Waals surface area contributed by atoms with Gasteiger partial charge in [0, 0.05) is 13.5 Å². The van der Waals surface area contributed by atoms with Crippen LogP contribution in [0, 0.1) is 12.3 Å². The van der Waals surface area contributed by atoms with Gasteiger partial charge >= 0.3 is 12.0 Å². The van der Waals surface area contributed by atoms with Crippen LogP contribution in [0.5, 0.6) is 0 Å². The van der Waals surface area contributed by atoms with Gasteiger partial charge in [-0.05, 0) is 5.56 Å². The lowest BCUT2D eigenvalue weighted by Gasteiger charge is -2.19. The Morgan fingerprint density at radius 3 is 2.58 bits per heavy atom. The summed E-state index contributed by atoms with van der Waals surface area (Å²) in [5.74, 6) is 1.24. The largest absolute Gasteiger partial charge is 0.480 e. The summed E-state index contributed by atoms with van der Waals surface area (Å²) in [6.45, 7) is 0.128. The molecule has 0 aromatic heterocycles. The summed E-state index contributed by atoms with van der Waals surface area (Å²) in [6.07, 6.45) is 5.32. The monoisotopic (exact) mass is 260 g/mol. The van der Waals surface area contributed by atoms with E-state index in [-0.39, 0.29) is 13.0 Å². The van der Waals surface area contributed by atoms with Crippen LogP contribution in [0.4, 0.5) is 4.79 Å². The number of aliphatic carboxylic acids is 1. The predicted molar refractivity (Wildman–Crippen MR) is 71.6 cm³/mol. The number of amides is 2. The van der Waals surface area contributed by atoms with Crippen LogP contribution in [0.1, 0.15) is 5.56 Å². The maximum atomic E-state index is 11.7. The Kier molecular flexibility index (Phi) is 5.42. The van der Waals surface area contributed by atoms with Gasteiger partial charge in [0.2, 0.25) is 0 Å². The highest BCUT2D eigenvalue weighted by molar-refractivity contribution is 5.82. The number of carbonyl (C=O) groups excluding carboxylic acids is 1. The molecule has 0 aliphatic heterocycles. The summed E-state index contributed by atoms with van der Waals surface area (Å²) in [6, 6.07) is 7.64. The Balaban J connectivity index is 2.67. The number of carboxylic acid groups (broad SMARTS) is 1. The molecular formula is C14H16N2O3. The van der Waals surface area contributed by atoms with Crippen LogP contribution in [-0.4, -0.2) is 41.6 Å². The molecule has 0 saturated carbocycles. The van der Waals surface area contributed by atoms with Gasteiger partial charge < -0.3 is 15.3 Å². The van der Waals surface area contributed by atoms with Crippen molar-refractivity contribution in [3.05, 3.63) is 35.9 Å². The Morgan fingerprint density at radius 2 is 2.05 bits per heavy atom. The first-order valence-corrected chi connectivity index (χ1v) is 5.76. The predicted octanol–water partition coefficient (Wildman–Crippen LogP) is 0.957. The number of nitrogens with one attached hydrogen (secondary N) is 1. The van der Waals surface area contributed by atoms with Crippen molar-refractivity contribution in [2.75, 3.05) is 13.6 Å². The van der Waals surface area contributed by atoms with E-state index in [1.807, 2.05) is 30.3 Å². The van der Waals surface area contributed by atoms with E-state index in [0.29, 0.717) is 0 Å². The molecule has 100 valence electrons. The zero-order valence-electron chi connectivity index (χ0n) is 10.7. The molecular weight excluding hydrogens is 244 g/mol. The fourth-order valence-corrected chi connectivity index (χ4v) is 1.52. The summed E-state index contributed by atoms with van der Waals surface area (Å²) in [7, 11) is 1.51. The number of hydrogen-bond donors (Lipinski definition) is 2. The molecule has 2 amide bonds. The minimum Gasteiger partial charge on any atom is -0.480 e. The van der Waals surface area contributed by atoms with Crippen LogP contribution < -0.4 is 5.32 Å². The fraction of sp³-hybridized carbons (Fsp3) is 0.286. The van der Waals surface area contributed by atoms with Crippen LogP contribution in [0.2, 0.25) is 0 Å². The van der Waals surface area contributed by atoms with Gasteiger partial charge in [-0.15, -0.1) is 6.42 Å². The van der Waals surface area contributed by atoms with Crippen molar-refractivity contribution in [1.29, 1.82) is 0 Å². The second kappa shape index (κ2) is 7.07. The summed E-state index contributed by atoms with van der Waals surface area (Å²) >= 11 is 0. The van der Waals surface area contributed by atoms with E-state index in [1.54, 1.807) is 0 Å². The molecule has 0 aliphatic carbocycles. The number of hydrogen-bond acceptors (Lipinski definition) is 2. The summed E-state index contributed by atoms with van der Waals surface area (Å²) in [5, 5.41) is 11.6. The summed E-state index contributed by atoms with van der Waals surface area (Å²) < 4.78 is 0. The number of carboxylic acids is 1. The second-order valence-electron chi connectivity index (χ2n) is 4.09. The van der Waals surface area contributed by atoms with Crippen molar-refractivity contribution in [2.24, 2.45) is 0 Å². The van der Waals surface area contributed by atoms with E-state index >= 15 is 0 Å². The normalized spacial score (nSPS) is 11.2. The Bertz CT molecular complexity index is 479. The van der Waals surface area contributed by atoms with E-state index in [0.717, 1.165) is 5.56 Å². The summed E-state index contributed by atoms with van der Waals surface area (Å²) in [4.78, 5) is 24.1. The molecule has 5 nitrogen and oxygen atoms in total. The number of benzene rings is 1. The highest BCUT2D eigenvalue weighted by Crippen LogP contribution is 2.04. The quantitative estimate of drug-likeness (QED) is 0.775. The highest BCUT2D eigenvalue weighted by Gasteiger charge is 2.21. The average Bonchev–Trinajstić information content (AvgIpc) is 2.39. The van der Waals surface area contributed by atoms with Crippen LogP contribution in [0.25, 0.3) is 0 Å². The van der Waals surface area contributed by atoms with Crippen LogP contribution in [-0.2, 0) is 11.2 Å². The molecule has 0 unspecified atom stereocenters. The van der Waals surface area contributed by atoms with Crippen molar-refractivity contribution >= 4 is 12.0 Å². The van der Waals surface area contributed by atoms with Gasteiger partial charge in [0.1, 0.15) is 6.04 Å². The molecule has 1 rings (SSSR count). The highest BCUT2D eigenvalue weighted by atomic mass is 16.4. The van der Waals surface area contributed by atoms with Gasteiger partial charge in [-0.3, -0.25) is 0 Å². The van der Waals surface area contributed by atoms with Gasteiger partial charge in [-0.25, -0.2) is 9.59 Å².